The lowest BCUT2D eigenvalue weighted by atomic mass is 9.89. The van der Waals surface area contributed by atoms with E-state index in [1.54, 1.807) is 6.07 Å². The second kappa shape index (κ2) is 9.38. The van der Waals surface area contributed by atoms with Crippen molar-refractivity contribution >= 4 is 12.4 Å². The fourth-order valence-electron chi connectivity index (χ4n) is 4.20. The van der Waals surface area contributed by atoms with E-state index >= 15 is 0 Å². The van der Waals surface area contributed by atoms with Crippen molar-refractivity contribution in [3.8, 4) is 5.75 Å². The quantitative estimate of drug-likeness (QED) is 0.637. The molecule has 1 aliphatic rings. The molecule has 0 saturated carbocycles. The number of hydrogen-bond donors (Lipinski definition) is 0. The Bertz CT molecular complexity index is 701. The highest BCUT2D eigenvalue weighted by Gasteiger charge is 2.37. The van der Waals surface area contributed by atoms with Crippen molar-refractivity contribution in [1.82, 2.24) is 4.90 Å². The van der Waals surface area contributed by atoms with Crippen LogP contribution in [0, 0.1) is 5.82 Å². The summed E-state index contributed by atoms with van der Waals surface area (Å²) < 4.78 is 19.6. The molecule has 0 heterocycles. The lowest BCUT2D eigenvalue weighted by molar-refractivity contribution is 0.189. The van der Waals surface area contributed by atoms with Gasteiger partial charge in [-0.2, -0.15) is 0 Å². The molecule has 0 radical (unpaired) electrons. The molecule has 0 spiro atoms. The average molecular weight is 378 g/mol. The van der Waals surface area contributed by atoms with Gasteiger partial charge in [-0.25, -0.2) is 4.39 Å². The minimum Gasteiger partial charge on any atom is -0.494 e. The molecule has 3 rings (SSSR count). The van der Waals surface area contributed by atoms with Crippen LogP contribution in [0.1, 0.15) is 49.3 Å². The number of benzene rings is 2. The van der Waals surface area contributed by atoms with Crippen LogP contribution in [0.15, 0.2) is 42.5 Å². The number of fused-ring (bicyclic) bond motifs is 1. The highest BCUT2D eigenvalue weighted by atomic mass is 35.5. The Balaban J connectivity index is 0.00000243. The molecule has 2 aromatic carbocycles. The summed E-state index contributed by atoms with van der Waals surface area (Å²) in [4.78, 5) is 2.59. The van der Waals surface area contributed by atoms with Gasteiger partial charge >= 0.3 is 0 Å². The van der Waals surface area contributed by atoms with Crippen molar-refractivity contribution in [2.75, 3.05) is 20.2 Å². The first-order chi connectivity index (χ1) is 12.2. The van der Waals surface area contributed by atoms with Crippen molar-refractivity contribution in [2.24, 2.45) is 0 Å². The van der Waals surface area contributed by atoms with Crippen LogP contribution in [0.5, 0.6) is 5.75 Å². The highest BCUT2D eigenvalue weighted by molar-refractivity contribution is 5.85. The maximum atomic E-state index is 14.4. The van der Waals surface area contributed by atoms with Crippen LogP contribution in [0.4, 0.5) is 4.39 Å². The lowest BCUT2D eigenvalue weighted by Crippen LogP contribution is -2.39. The summed E-state index contributed by atoms with van der Waals surface area (Å²) >= 11 is 0. The van der Waals surface area contributed by atoms with E-state index in [9.17, 15) is 4.39 Å². The van der Waals surface area contributed by atoms with E-state index in [2.05, 4.69) is 43.0 Å². The van der Waals surface area contributed by atoms with Gasteiger partial charge in [-0.1, -0.05) is 44.2 Å². The van der Waals surface area contributed by atoms with Gasteiger partial charge in [0.2, 0.25) is 0 Å². The smallest absolute Gasteiger partial charge is 0.165 e. The van der Waals surface area contributed by atoms with Crippen LogP contribution in [-0.4, -0.2) is 31.1 Å². The fourth-order valence-corrected chi connectivity index (χ4v) is 4.20. The van der Waals surface area contributed by atoms with Gasteiger partial charge in [0.1, 0.15) is 0 Å². The van der Waals surface area contributed by atoms with Crippen molar-refractivity contribution in [3.63, 3.8) is 0 Å². The molecule has 0 unspecified atom stereocenters. The summed E-state index contributed by atoms with van der Waals surface area (Å²) in [7, 11) is 1.53. The Kier molecular flexibility index (Phi) is 7.48. The molecule has 2 nitrogen and oxygen atoms in total. The Labute approximate surface area is 162 Å². The molecular formula is C22H29ClFNO. The van der Waals surface area contributed by atoms with Crippen molar-refractivity contribution in [1.29, 1.82) is 0 Å². The average Bonchev–Trinajstić information content (AvgIpc) is 2.99. The van der Waals surface area contributed by atoms with Gasteiger partial charge in [0.25, 0.3) is 0 Å². The molecule has 0 N–H and O–H groups in total. The zero-order chi connectivity index (χ0) is 17.8. The van der Waals surface area contributed by atoms with Gasteiger partial charge in [-0.05, 0) is 61.2 Å². The van der Waals surface area contributed by atoms with E-state index in [-0.39, 0.29) is 24.1 Å². The van der Waals surface area contributed by atoms with Crippen LogP contribution in [0.25, 0.3) is 0 Å². The fraction of sp³-hybridized carbons (Fsp3) is 0.455. The van der Waals surface area contributed by atoms with Crippen LogP contribution in [-0.2, 0) is 6.42 Å². The zero-order valence-corrected chi connectivity index (χ0v) is 16.7. The molecule has 2 aromatic rings. The first-order valence-electron chi connectivity index (χ1n) is 9.34. The largest absolute Gasteiger partial charge is 0.494 e. The SMILES string of the molecule is CCCN(CCC)[C@@H]1Cc2cc(OC)c(F)cc2[C@H]1c1ccccc1.Cl. The third kappa shape index (κ3) is 4.05. The van der Waals surface area contributed by atoms with Gasteiger partial charge in [0.05, 0.1) is 7.11 Å². The molecule has 0 amide bonds. The molecule has 1 aliphatic carbocycles. The Hall–Kier alpha value is -1.58. The first-order valence-corrected chi connectivity index (χ1v) is 9.34. The summed E-state index contributed by atoms with van der Waals surface area (Å²) in [6, 6.07) is 14.5. The van der Waals surface area contributed by atoms with Gasteiger partial charge in [-0.15, -0.1) is 12.4 Å². The molecule has 0 fully saturated rings. The monoisotopic (exact) mass is 377 g/mol. The van der Waals surface area contributed by atoms with E-state index < -0.39 is 0 Å². The molecule has 142 valence electrons. The molecule has 0 aromatic heterocycles. The second-order valence-corrected chi connectivity index (χ2v) is 6.88. The minimum absolute atomic E-state index is 0. The lowest BCUT2D eigenvalue weighted by Gasteiger charge is -2.33. The summed E-state index contributed by atoms with van der Waals surface area (Å²) in [5, 5.41) is 0. The molecule has 0 aliphatic heterocycles. The third-order valence-corrected chi connectivity index (χ3v) is 5.21. The normalized spacial score (nSPS) is 18.5. The van der Waals surface area contributed by atoms with Crippen molar-refractivity contribution in [2.45, 2.75) is 45.1 Å². The predicted molar refractivity (Wildman–Crippen MR) is 108 cm³/mol. The van der Waals surface area contributed by atoms with E-state index in [0.29, 0.717) is 11.8 Å². The van der Waals surface area contributed by atoms with E-state index in [0.717, 1.165) is 37.9 Å². The molecular weight excluding hydrogens is 349 g/mol. The number of halogens is 2. The zero-order valence-electron chi connectivity index (χ0n) is 15.9. The molecule has 0 saturated heterocycles. The van der Waals surface area contributed by atoms with Crippen LogP contribution in [0.3, 0.4) is 0 Å². The number of ether oxygens (including phenoxy) is 1. The van der Waals surface area contributed by atoms with Crippen molar-refractivity contribution < 1.29 is 9.13 Å². The number of methoxy groups -OCH3 is 1. The third-order valence-electron chi connectivity index (χ3n) is 5.21. The van der Waals surface area contributed by atoms with E-state index in [4.69, 9.17) is 4.74 Å². The van der Waals surface area contributed by atoms with Gasteiger partial charge in [-0.3, -0.25) is 4.90 Å². The Morgan fingerprint density at radius 2 is 1.73 bits per heavy atom. The van der Waals surface area contributed by atoms with Crippen LogP contribution >= 0.6 is 12.4 Å². The predicted octanol–water partition coefficient (Wildman–Crippen LogP) is 5.43. The molecule has 2 atom stereocenters. The topological polar surface area (TPSA) is 12.5 Å². The van der Waals surface area contributed by atoms with Crippen LogP contribution in [0.2, 0.25) is 0 Å². The second-order valence-electron chi connectivity index (χ2n) is 6.88. The Morgan fingerprint density at radius 3 is 2.31 bits per heavy atom. The Morgan fingerprint density at radius 1 is 1.08 bits per heavy atom. The number of rotatable bonds is 7. The van der Waals surface area contributed by atoms with E-state index in [1.807, 2.05) is 12.1 Å². The standard InChI is InChI=1S/C22H28FNO.ClH/c1-4-11-24(12-5-2)20-13-17-14-21(25-3)19(23)15-18(17)22(20)16-9-7-6-8-10-16;/h6-10,14-15,20,22H,4-5,11-13H2,1-3H3;1H/t20-,22-;/m1./s1. The first kappa shape index (κ1) is 20.7. The number of hydrogen-bond acceptors (Lipinski definition) is 2. The van der Waals surface area contributed by atoms with E-state index in [1.165, 1.54) is 18.2 Å². The van der Waals surface area contributed by atoms with Gasteiger partial charge < -0.3 is 4.74 Å². The summed E-state index contributed by atoms with van der Waals surface area (Å²) in [5.74, 6) is 0.304. The van der Waals surface area contributed by atoms with Crippen LogP contribution < -0.4 is 4.74 Å². The van der Waals surface area contributed by atoms with Crippen molar-refractivity contribution in [3.05, 3.63) is 65.0 Å². The highest BCUT2D eigenvalue weighted by Crippen LogP contribution is 2.43. The summed E-state index contributed by atoms with van der Waals surface area (Å²) in [6.45, 7) is 6.61. The van der Waals surface area contributed by atoms with Gasteiger partial charge in [0, 0.05) is 12.0 Å². The molecule has 0 bridgehead atoms. The summed E-state index contributed by atoms with van der Waals surface area (Å²) in [5.41, 5.74) is 3.61. The maximum absolute atomic E-state index is 14.4. The van der Waals surface area contributed by atoms with Gasteiger partial charge in [0.15, 0.2) is 11.6 Å². The number of nitrogens with zero attached hydrogens (tertiary/aromatic N) is 1. The maximum Gasteiger partial charge on any atom is 0.165 e. The molecule has 26 heavy (non-hydrogen) atoms. The molecule has 4 heteroatoms. The minimum atomic E-state index is -0.264. The summed E-state index contributed by atoms with van der Waals surface area (Å²) in [6.07, 6.45) is 3.21.